The highest BCUT2D eigenvalue weighted by molar-refractivity contribution is 5.82. The zero-order chi connectivity index (χ0) is 16.2. The Morgan fingerprint density at radius 2 is 2.09 bits per heavy atom. The molecule has 5 heteroatoms. The second kappa shape index (κ2) is 7.32. The number of hydrogen-bond donors (Lipinski definition) is 1. The smallest absolute Gasteiger partial charge is 0.242 e. The van der Waals surface area contributed by atoms with Crippen LogP contribution in [0.3, 0.4) is 0 Å². The Hall–Kier alpha value is -1.59. The number of anilines is 1. The molecule has 2 atom stereocenters. The van der Waals surface area contributed by atoms with E-state index >= 15 is 0 Å². The zero-order valence-corrected chi connectivity index (χ0v) is 14.1. The van der Waals surface area contributed by atoms with Gasteiger partial charge in [0.15, 0.2) is 0 Å². The number of carbonyl (C=O) groups is 1. The molecule has 0 aromatic heterocycles. The highest BCUT2D eigenvalue weighted by atomic mass is 16.5. The fourth-order valence-corrected chi connectivity index (χ4v) is 3.49. The Balaban J connectivity index is 1.70. The topological polar surface area (TPSA) is 44.8 Å². The number of benzene rings is 1. The van der Waals surface area contributed by atoms with E-state index in [1.54, 1.807) is 0 Å². The summed E-state index contributed by atoms with van der Waals surface area (Å²) in [5, 5.41) is 3.28. The number of ether oxygens (including phenoxy) is 1. The summed E-state index contributed by atoms with van der Waals surface area (Å²) in [7, 11) is 1.88. The van der Waals surface area contributed by atoms with Crippen molar-refractivity contribution < 1.29 is 9.53 Å². The van der Waals surface area contributed by atoms with Gasteiger partial charge in [0.2, 0.25) is 5.91 Å². The van der Waals surface area contributed by atoms with E-state index in [1.807, 2.05) is 18.9 Å². The summed E-state index contributed by atoms with van der Waals surface area (Å²) < 4.78 is 5.60. The number of likely N-dealkylation sites (N-methyl/N-ethyl adjacent to an activating group) is 1. The van der Waals surface area contributed by atoms with E-state index in [1.165, 1.54) is 24.1 Å². The third-order valence-electron chi connectivity index (χ3n) is 4.80. The van der Waals surface area contributed by atoms with Crippen molar-refractivity contribution in [2.45, 2.75) is 38.5 Å². The normalized spacial score (nSPS) is 24.7. The predicted octanol–water partition coefficient (Wildman–Crippen LogP) is 1.62. The molecule has 2 saturated heterocycles. The van der Waals surface area contributed by atoms with E-state index in [0.717, 1.165) is 19.6 Å². The van der Waals surface area contributed by atoms with Crippen molar-refractivity contribution in [2.24, 2.45) is 0 Å². The van der Waals surface area contributed by atoms with E-state index in [2.05, 4.69) is 34.5 Å². The molecule has 2 aliphatic heterocycles. The van der Waals surface area contributed by atoms with Gasteiger partial charge in [-0.05, 0) is 31.4 Å². The molecule has 1 aromatic rings. The van der Waals surface area contributed by atoms with Crippen molar-refractivity contribution in [3.63, 3.8) is 0 Å². The van der Waals surface area contributed by atoms with Gasteiger partial charge in [0.1, 0.15) is 6.04 Å². The van der Waals surface area contributed by atoms with Gasteiger partial charge in [-0.15, -0.1) is 0 Å². The van der Waals surface area contributed by atoms with E-state index in [0.29, 0.717) is 13.2 Å². The molecule has 5 nitrogen and oxygen atoms in total. The highest BCUT2D eigenvalue weighted by Crippen LogP contribution is 2.25. The first-order valence-electron chi connectivity index (χ1n) is 8.59. The molecule has 0 radical (unpaired) electrons. The fraction of sp³-hybridized carbons (Fsp3) is 0.611. The first-order chi connectivity index (χ1) is 11.2. The van der Waals surface area contributed by atoms with Crippen LogP contribution in [0.4, 0.5) is 5.69 Å². The molecular weight excluding hydrogens is 290 g/mol. The van der Waals surface area contributed by atoms with E-state index in [4.69, 9.17) is 4.74 Å². The van der Waals surface area contributed by atoms with Gasteiger partial charge in [0, 0.05) is 38.9 Å². The molecule has 0 saturated carbocycles. The van der Waals surface area contributed by atoms with Gasteiger partial charge < -0.3 is 19.9 Å². The standard InChI is InChI=1S/C18H27N3O2/c1-14-17(19-9-12-23-14)18(22)20(2)13-15-7-3-4-8-16(15)21-10-5-6-11-21/h3-4,7-8,14,17,19H,5-6,9-13H2,1-2H3/t14-,17+/m1/s1. The SMILES string of the molecule is C[C@H]1OCCN[C@@H]1C(=O)N(C)Cc1ccccc1N1CCCC1. The van der Waals surface area contributed by atoms with E-state index < -0.39 is 0 Å². The molecule has 0 spiro atoms. The molecule has 0 aliphatic carbocycles. The number of nitrogens with one attached hydrogen (secondary N) is 1. The maximum Gasteiger partial charge on any atom is 0.242 e. The quantitative estimate of drug-likeness (QED) is 0.917. The summed E-state index contributed by atoms with van der Waals surface area (Å²) in [5.41, 5.74) is 2.49. The van der Waals surface area contributed by atoms with Crippen molar-refractivity contribution in [1.82, 2.24) is 10.2 Å². The minimum Gasteiger partial charge on any atom is -0.375 e. The van der Waals surface area contributed by atoms with Crippen LogP contribution >= 0.6 is 0 Å². The molecule has 23 heavy (non-hydrogen) atoms. The lowest BCUT2D eigenvalue weighted by Crippen LogP contribution is -2.55. The number of carbonyl (C=O) groups excluding carboxylic acids is 1. The Labute approximate surface area is 138 Å². The van der Waals surface area contributed by atoms with Crippen molar-refractivity contribution in [3.8, 4) is 0 Å². The summed E-state index contributed by atoms with van der Waals surface area (Å²) in [6.07, 6.45) is 2.43. The molecule has 1 aromatic carbocycles. The van der Waals surface area contributed by atoms with Crippen LogP contribution in [-0.2, 0) is 16.1 Å². The lowest BCUT2D eigenvalue weighted by molar-refractivity contribution is -0.138. The van der Waals surface area contributed by atoms with Crippen LogP contribution in [0.2, 0.25) is 0 Å². The van der Waals surface area contributed by atoms with Gasteiger partial charge in [-0.2, -0.15) is 0 Å². The van der Waals surface area contributed by atoms with Crippen molar-refractivity contribution in [3.05, 3.63) is 29.8 Å². The van der Waals surface area contributed by atoms with Crippen LogP contribution in [0.15, 0.2) is 24.3 Å². The average molecular weight is 317 g/mol. The van der Waals surface area contributed by atoms with Crippen LogP contribution in [0.1, 0.15) is 25.3 Å². The van der Waals surface area contributed by atoms with Crippen LogP contribution in [-0.4, -0.2) is 56.2 Å². The second-order valence-electron chi connectivity index (χ2n) is 6.52. The maximum absolute atomic E-state index is 12.7. The molecule has 1 N–H and O–H groups in total. The number of amides is 1. The Morgan fingerprint density at radius 3 is 2.83 bits per heavy atom. The highest BCUT2D eigenvalue weighted by Gasteiger charge is 2.30. The summed E-state index contributed by atoms with van der Waals surface area (Å²) >= 11 is 0. The van der Waals surface area contributed by atoms with Crippen LogP contribution in [0, 0.1) is 0 Å². The second-order valence-corrected chi connectivity index (χ2v) is 6.52. The van der Waals surface area contributed by atoms with Crippen LogP contribution < -0.4 is 10.2 Å². The third-order valence-corrected chi connectivity index (χ3v) is 4.80. The van der Waals surface area contributed by atoms with Crippen molar-refractivity contribution in [1.29, 1.82) is 0 Å². The van der Waals surface area contributed by atoms with E-state index in [9.17, 15) is 4.79 Å². The molecule has 0 bridgehead atoms. The molecule has 126 valence electrons. The summed E-state index contributed by atoms with van der Waals surface area (Å²) in [6, 6.07) is 8.19. The monoisotopic (exact) mass is 317 g/mol. The fourth-order valence-electron chi connectivity index (χ4n) is 3.49. The zero-order valence-electron chi connectivity index (χ0n) is 14.1. The number of nitrogens with zero attached hydrogens (tertiary/aromatic N) is 2. The van der Waals surface area contributed by atoms with Gasteiger partial charge in [0.05, 0.1) is 12.7 Å². The third kappa shape index (κ3) is 3.67. The molecule has 1 amide bonds. The Kier molecular flexibility index (Phi) is 5.18. The molecule has 0 unspecified atom stereocenters. The van der Waals surface area contributed by atoms with Gasteiger partial charge in [-0.25, -0.2) is 0 Å². The summed E-state index contributed by atoms with van der Waals surface area (Å²) in [6.45, 7) is 6.23. The average Bonchev–Trinajstić information content (AvgIpc) is 3.09. The van der Waals surface area contributed by atoms with Crippen LogP contribution in [0.5, 0.6) is 0 Å². The minimum absolute atomic E-state index is 0.0764. The molecule has 3 rings (SSSR count). The Bertz CT molecular complexity index is 543. The Morgan fingerprint density at radius 1 is 1.35 bits per heavy atom. The first-order valence-corrected chi connectivity index (χ1v) is 8.59. The molecular formula is C18H27N3O2. The lowest BCUT2D eigenvalue weighted by Gasteiger charge is -2.33. The van der Waals surface area contributed by atoms with Gasteiger partial charge in [0.25, 0.3) is 0 Å². The number of para-hydroxylation sites is 1. The number of morpholine rings is 1. The van der Waals surface area contributed by atoms with Crippen molar-refractivity contribution in [2.75, 3.05) is 38.2 Å². The van der Waals surface area contributed by atoms with Gasteiger partial charge >= 0.3 is 0 Å². The van der Waals surface area contributed by atoms with E-state index in [-0.39, 0.29) is 18.1 Å². The molecule has 2 fully saturated rings. The lowest BCUT2D eigenvalue weighted by atomic mass is 10.1. The molecule has 2 heterocycles. The maximum atomic E-state index is 12.7. The van der Waals surface area contributed by atoms with Gasteiger partial charge in [-0.1, -0.05) is 18.2 Å². The largest absolute Gasteiger partial charge is 0.375 e. The number of rotatable bonds is 4. The van der Waals surface area contributed by atoms with Crippen LogP contribution in [0.25, 0.3) is 0 Å². The summed E-state index contributed by atoms with van der Waals surface area (Å²) in [4.78, 5) is 17.0. The minimum atomic E-state index is -0.243. The first kappa shape index (κ1) is 16.3. The summed E-state index contributed by atoms with van der Waals surface area (Å²) in [5.74, 6) is 0.105. The predicted molar refractivity (Wildman–Crippen MR) is 91.6 cm³/mol. The van der Waals surface area contributed by atoms with Crippen molar-refractivity contribution >= 4 is 11.6 Å². The molecule has 2 aliphatic rings. The number of hydrogen-bond acceptors (Lipinski definition) is 4. The van der Waals surface area contributed by atoms with Gasteiger partial charge in [-0.3, -0.25) is 4.79 Å².